The summed E-state index contributed by atoms with van der Waals surface area (Å²) in [6.07, 6.45) is 7.17. The van der Waals surface area contributed by atoms with Gasteiger partial charge in [0.2, 0.25) is 10.0 Å². The van der Waals surface area contributed by atoms with Gasteiger partial charge in [0, 0.05) is 31.7 Å². The number of furan rings is 1. The van der Waals surface area contributed by atoms with E-state index in [-0.39, 0.29) is 10.9 Å². The first kappa shape index (κ1) is 15.6. The van der Waals surface area contributed by atoms with E-state index in [0.29, 0.717) is 19.1 Å². The van der Waals surface area contributed by atoms with Crippen molar-refractivity contribution in [2.45, 2.75) is 43.1 Å². The number of nitrogens with zero attached hydrogens (tertiary/aromatic N) is 1. The summed E-state index contributed by atoms with van der Waals surface area (Å²) in [5.41, 5.74) is 1.19. The van der Waals surface area contributed by atoms with Gasteiger partial charge >= 0.3 is 0 Å². The van der Waals surface area contributed by atoms with Crippen LogP contribution in [-0.4, -0.2) is 50.4 Å². The van der Waals surface area contributed by atoms with E-state index in [0.717, 1.165) is 45.3 Å². The highest BCUT2D eigenvalue weighted by atomic mass is 32.2. The van der Waals surface area contributed by atoms with Crippen molar-refractivity contribution in [1.29, 1.82) is 0 Å². The second kappa shape index (κ2) is 5.88. The highest BCUT2D eigenvalue weighted by Crippen LogP contribution is 2.36. The summed E-state index contributed by atoms with van der Waals surface area (Å²) >= 11 is 0. The number of likely N-dealkylation sites (tertiary alicyclic amines) is 1. The molecule has 4 rings (SSSR count). The topological polar surface area (TPSA) is 71.8 Å². The van der Waals surface area contributed by atoms with Gasteiger partial charge in [-0.05, 0) is 37.7 Å². The lowest BCUT2D eigenvalue weighted by atomic mass is 9.83. The molecule has 0 unspecified atom stereocenters. The molecule has 6 nitrogen and oxygen atoms in total. The Balaban J connectivity index is 1.20. The molecule has 23 heavy (non-hydrogen) atoms. The Kier molecular flexibility index (Phi) is 3.99. The molecule has 1 aliphatic carbocycles. The van der Waals surface area contributed by atoms with Crippen LogP contribution in [0.15, 0.2) is 23.0 Å². The standard InChI is InChI=1S/C16H24N2O4S/c19-23(20,15-1-2-15)17-7-13-3-5-16(22-10-13)11-18(12-16)8-14-4-6-21-9-14/h4,6,9,13,15,17H,1-3,5,7-8,10-12H2/t13-/m0/s1. The normalized spacial score (nSPS) is 27.9. The van der Waals surface area contributed by atoms with Crippen molar-refractivity contribution in [3.8, 4) is 0 Å². The van der Waals surface area contributed by atoms with Crippen molar-refractivity contribution in [1.82, 2.24) is 9.62 Å². The molecule has 1 aromatic heterocycles. The van der Waals surface area contributed by atoms with E-state index in [1.807, 2.05) is 6.07 Å². The number of sulfonamides is 1. The summed E-state index contributed by atoms with van der Waals surface area (Å²) in [6.45, 7) is 4.00. The average Bonchev–Trinajstić information content (AvgIpc) is 3.25. The highest BCUT2D eigenvalue weighted by Gasteiger charge is 2.46. The van der Waals surface area contributed by atoms with Crippen molar-refractivity contribution in [3.05, 3.63) is 24.2 Å². The van der Waals surface area contributed by atoms with Crippen molar-refractivity contribution in [2.75, 3.05) is 26.2 Å². The Bertz CT molecular complexity index is 623. The molecule has 0 amide bonds. The van der Waals surface area contributed by atoms with Crippen LogP contribution in [0, 0.1) is 5.92 Å². The number of rotatable bonds is 6. The predicted octanol–water partition coefficient (Wildman–Crippen LogP) is 1.34. The van der Waals surface area contributed by atoms with Crippen LogP contribution in [0.2, 0.25) is 0 Å². The zero-order valence-corrected chi connectivity index (χ0v) is 14.1. The molecule has 1 spiro atoms. The minimum Gasteiger partial charge on any atom is -0.472 e. The van der Waals surface area contributed by atoms with Gasteiger partial charge in [-0.3, -0.25) is 4.90 Å². The molecule has 3 heterocycles. The minimum atomic E-state index is -3.07. The summed E-state index contributed by atoms with van der Waals surface area (Å²) in [6, 6.07) is 1.99. The Hall–Kier alpha value is -0.890. The van der Waals surface area contributed by atoms with Crippen LogP contribution in [0.25, 0.3) is 0 Å². The Morgan fingerprint density at radius 3 is 2.74 bits per heavy atom. The van der Waals surface area contributed by atoms with Gasteiger partial charge in [0.15, 0.2) is 0 Å². The molecule has 2 saturated heterocycles. The Morgan fingerprint density at radius 2 is 2.13 bits per heavy atom. The minimum absolute atomic E-state index is 0.00436. The van der Waals surface area contributed by atoms with Crippen molar-refractivity contribution < 1.29 is 17.6 Å². The molecule has 3 fully saturated rings. The van der Waals surface area contributed by atoms with Gasteiger partial charge in [-0.2, -0.15) is 0 Å². The van der Waals surface area contributed by atoms with Gasteiger partial charge in [0.05, 0.1) is 30.0 Å². The molecule has 0 bridgehead atoms. The van der Waals surface area contributed by atoms with Crippen molar-refractivity contribution in [3.63, 3.8) is 0 Å². The SMILES string of the molecule is O=S(=O)(NC[C@@H]1CCC2(CN(Cc3ccoc3)C2)OC1)C1CC1. The van der Waals surface area contributed by atoms with Gasteiger partial charge in [0.25, 0.3) is 0 Å². The fourth-order valence-electron chi connectivity index (χ4n) is 3.58. The van der Waals surface area contributed by atoms with Gasteiger partial charge < -0.3 is 9.15 Å². The number of hydrogen-bond donors (Lipinski definition) is 1. The van der Waals surface area contributed by atoms with E-state index < -0.39 is 10.0 Å². The first-order valence-corrected chi connectivity index (χ1v) is 9.95. The van der Waals surface area contributed by atoms with Crippen LogP contribution in [-0.2, 0) is 21.3 Å². The summed E-state index contributed by atoms with van der Waals surface area (Å²) in [5.74, 6) is 0.303. The third-order valence-electron chi connectivity index (χ3n) is 5.18. The van der Waals surface area contributed by atoms with E-state index in [2.05, 4.69) is 9.62 Å². The van der Waals surface area contributed by atoms with E-state index in [4.69, 9.17) is 9.15 Å². The number of nitrogens with one attached hydrogen (secondary N) is 1. The molecular weight excluding hydrogens is 316 g/mol. The molecule has 1 N–H and O–H groups in total. The maximum Gasteiger partial charge on any atom is 0.214 e. The first-order valence-electron chi connectivity index (χ1n) is 8.41. The second-order valence-corrected chi connectivity index (χ2v) is 9.31. The molecule has 3 aliphatic rings. The molecular formula is C16H24N2O4S. The van der Waals surface area contributed by atoms with Crippen LogP contribution >= 0.6 is 0 Å². The van der Waals surface area contributed by atoms with Crippen molar-refractivity contribution in [2.24, 2.45) is 5.92 Å². The van der Waals surface area contributed by atoms with Crippen LogP contribution < -0.4 is 4.72 Å². The maximum atomic E-state index is 11.9. The predicted molar refractivity (Wildman–Crippen MR) is 85.3 cm³/mol. The Morgan fingerprint density at radius 1 is 1.30 bits per heavy atom. The lowest BCUT2D eigenvalue weighted by Gasteiger charge is -2.52. The molecule has 2 aliphatic heterocycles. The number of hydrogen-bond acceptors (Lipinski definition) is 5. The molecule has 0 aromatic carbocycles. The van der Waals surface area contributed by atoms with E-state index in [1.54, 1.807) is 12.5 Å². The molecule has 7 heteroatoms. The van der Waals surface area contributed by atoms with E-state index in [9.17, 15) is 8.42 Å². The fraction of sp³-hybridized carbons (Fsp3) is 0.750. The van der Waals surface area contributed by atoms with Crippen LogP contribution in [0.5, 0.6) is 0 Å². The highest BCUT2D eigenvalue weighted by molar-refractivity contribution is 7.90. The molecule has 1 atom stereocenters. The Labute approximate surface area is 137 Å². The van der Waals surface area contributed by atoms with Crippen molar-refractivity contribution >= 4 is 10.0 Å². The fourth-order valence-corrected chi connectivity index (χ4v) is 5.04. The van der Waals surface area contributed by atoms with Crippen LogP contribution in [0.4, 0.5) is 0 Å². The first-order chi connectivity index (χ1) is 11.0. The molecule has 0 radical (unpaired) electrons. The zero-order valence-electron chi connectivity index (χ0n) is 13.2. The quantitative estimate of drug-likeness (QED) is 0.846. The second-order valence-electron chi connectivity index (χ2n) is 7.27. The summed E-state index contributed by atoms with van der Waals surface area (Å²) in [4.78, 5) is 2.36. The largest absolute Gasteiger partial charge is 0.472 e. The summed E-state index contributed by atoms with van der Waals surface area (Å²) < 4.78 is 37.7. The third-order valence-corrected chi connectivity index (χ3v) is 7.10. The zero-order chi connectivity index (χ0) is 15.9. The smallest absolute Gasteiger partial charge is 0.214 e. The van der Waals surface area contributed by atoms with Crippen LogP contribution in [0.1, 0.15) is 31.2 Å². The van der Waals surface area contributed by atoms with Gasteiger partial charge in [-0.25, -0.2) is 13.1 Å². The molecule has 1 aromatic rings. The van der Waals surface area contributed by atoms with Gasteiger partial charge in [-0.15, -0.1) is 0 Å². The van der Waals surface area contributed by atoms with E-state index in [1.165, 1.54) is 5.56 Å². The lowest BCUT2D eigenvalue weighted by molar-refractivity contribution is -0.181. The molecule has 128 valence electrons. The average molecular weight is 340 g/mol. The lowest BCUT2D eigenvalue weighted by Crippen LogP contribution is -2.64. The monoisotopic (exact) mass is 340 g/mol. The van der Waals surface area contributed by atoms with Gasteiger partial charge in [-0.1, -0.05) is 0 Å². The maximum absolute atomic E-state index is 11.9. The van der Waals surface area contributed by atoms with Gasteiger partial charge in [0.1, 0.15) is 0 Å². The third kappa shape index (κ3) is 3.47. The number of ether oxygens (including phenoxy) is 1. The van der Waals surface area contributed by atoms with E-state index >= 15 is 0 Å². The van der Waals surface area contributed by atoms with Crippen LogP contribution in [0.3, 0.4) is 0 Å². The summed E-state index contributed by atoms with van der Waals surface area (Å²) in [7, 11) is -3.07. The summed E-state index contributed by atoms with van der Waals surface area (Å²) in [5, 5.41) is -0.138. The molecule has 1 saturated carbocycles.